The lowest BCUT2D eigenvalue weighted by atomic mass is 10.1. The molecule has 1 aromatic carbocycles. The van der Waals surface area contributed by atoms with Crippen LogP contribution in [-0.4, -0.2) is 23.4 Å². The highest BCUT2D eigenvalue weighted by Gasteiger charge is 2.27. The van der Waals surface area contributed by atoms with E-state index in [1.807, 2.05) is 31.2 Å². The van der Waals surface area contributed by atoms with Gasteiger partial charge in [0.1, 0.15) is 10.8 Å². The van der Waals surface area contributed by atoms with E-state index < -0.39 is 0 Å². The fourth-order valence-corrected chi connectivity index (χ4v) is 4.68. The summed E-state index contributed by atoms with van der Waals surface area (Å²) in [5.74, 6) is 0.273. The molecule has 0 atom stereocenters. The summed E-state index contributed by atoms with van der Waals surface area (Å²) in [4.78, 5) is 30.8. The quantitative estimate of drug-likeness (QED) is 0.564. The molecule has 0 saturated heterocycles. The van der Waals surface area contributed by atoms with Crippen LogP contribution in [0.1, 0.15) is 44.5 Å². The molecule has 2 aromatic heterocycles. The number of aromatic nitrogens is 1. The number of hydrogen-bond donors (Lipinski definition) is 2. The summed E-state index contributed by atoms with van der Waals surface area (Å²) in [5, 5.41) is 6.44. The average molecular weight is 444 g/mol. The summed E-state index contributed by atoms with van der Waals surface area (Å²) < 4.78 is 5.44. The Kier molecular flexibility index (Phi) is 7.07. The number of halogens is 1. The first-order valence-electron chi connectivity index (χ1n) is 9.56. The number of amides is 2. The molecular formula is C22H22ClN3O3S. The van der Waals surface area contributed by atoms with Crippen molar-refractivity contribution in [2.75, 3.05) is 17.2 Å². The predicted octanol–water partition coefficient (Wildman–Crippen LogP) is 4.96. The third-order valence-corrected chi connectivity index (χ3v) is 5.93. The zero-order valence-corrected chi connectivity index (χ0v) is 18.1. The molecule has 8 heteroatoms. The summed E-state index contributed by atoms with van der Waals surface area (Å²) >= 11 is 1.49. The van der Waals surface area contributed by atoms with Gasteiger partial charge in [-0.1, -0.05) is 0 Å². The molecule has 156 valence electrons. The summed E-state index contributed by atoms with van der Waals surface area (Å²) in [6.45, 7) is 2.51. The van der Waals surface area contributed by atoms with E-state index in [4.69, 9.17) is 4.74 Å². The molecule has 2 N–H and O–H groups in total. The maximum Gasteiger partial charge on any atom is 0.258 e. The highest BCUT2D eigenvalue weighted by Crippen LogP contribution is 2.39. The van der Waals surface area contributed by atoms with E-state index in [9.17, 15) is 9.59 Å². The number of anilines is 2. The number of pyridine rings is 1. The van der Waals surface area contributed by atoms with Crippen molar-refractivity contribution in [1.82, 2.24) is 4.98 Å². The molecule has 1 aliphatic carbocycles. The van der Waals surface area contributed by atoms with Gasteiger partial charge in [-0.3, -0.25) is 14.6 Å². The predicted molar refractivity (Wildman–Crippen MR) is 121 cm³/mol. The lowest BCUT2D eigenvalue weighted by molar-refractivity contribution is 0.102. The Bertz CT molecular complexity index is 1040. The zero-order valence-electron chi connectivity index (χ0n) is 16.4. The van der Waals surface area contributed by atoms with Crippen LogP contribution in [0.15, 0.2) is 48.8 Å². The van der Waals surface area contributed by atoms with Crippen LogP contribution in [0.3, 0.4) is 0 Å². The second kappa shape index (κ2) is 9.73. The van der Waals surface area contributed by atoms with Crippen LogP contribution in [-0.2, 0) is 12.8 Å². The van der Waals surface area contributed by atoms with Crippen LogP contribution in [0.5, 0.6) is 5.75 Å². The Labute approximate surface area is 185 Å². The highest BCUT2D eigenvalue weighted by atomic mass is 35.5. The molecule has 0 radical (unpaired) electrons. The van der Waals surface area contributed by atoms with Gasteiger partial charge in [-0.25, -0.2) is 0 Å². The number of ether oxygens (including phenoxy) is 1. The highest BCUT2D eigenvalue weighted by molar-refractivity contribution is 7.17. The standard InChI is InChI=1S/C22H21N3O3S.ClH/c1-2-28-16-10-8-15(9-11-16)24-21(27)19-17-6-3-7-18(17)29-22(19)25-20(26)14-5-4-12-23-13-14;/h4-5,8-13H,2-3,6-7H2,1H3,(H,24,27)(H,25,26);1H. The molecular weight excluding hydrogens is 422 g/mol. The smallest absolute Gasteiger partial charge is 0.258 e. The SMILES string of the molecule is CCOc1ccc(NC(=O)c2c(NC(=O)c3cccnc3)sc3c2CCC3)cc1.Cl. The normalized spacial score (nSPS) is 11.9. The number of benzene rings is 1. The minimum atomic E-state index is -0.270. The van der Waals surface area contributed by atoms with Crippen LogP contribution >= 0.6 is 23.7 Å². The summed E-state index contributed by atoms with van der Waals surface area (Å²) in [5.41, 5.74) is 2.74. The van der Waals surface area contributed by atoms with Crippen molar-refractivity contribution < 1.29 is 14.3 Å². The van der Waals surface area contributed by atoms with Gasteiger partial charge in [0, 0.05) is 23.0 Å². The molecule has 1 aliphatic rings. The first kappa shape index (κ1) is 21.8. The fraction of sp³-hybridized carbons (Fsp3) is 0.227. The van der Waals surface area contributed by atoms with Gasteiger partial charge >= 0.3 is 0 Å². The Balaban J connectivity index is 0.00000256. The number of thiophene rings is 1. The number of rotatable bonds is 6. The minimum absolute atomic E-state index is 0. The van der Waals surface area contributed by atoms with Gasteiger partial charge in [-0.05, 0) is 68.1 Å². The Morgan fingerprint density at radius 1 is 1.10 bits per heavy atom. The second-order valence-corrected chi connectivity index (χ2v) is 7.77. The van der Waals surface area contributed by atoms with Gasteiger partial charge < -0.3 is 15.4 Å². The molecule has 0 saturated carbocycles. The van der Waals surface area contributed by atoms with E-state index in [0.717, 1.165) is 30.6 Å². The number of aryl methyl sites for hydroxylation is 1. The maximum absolute atomic E-state index is 13.1. The molecule has 0 unspecified atom stereocenters. The number of nitrogens with one attached hydrogen (secondary N) is 2. The summed E-state index contributed by atoms with van der Waals surface area (Å²) in [6, 6.07) is 10.7. The number of hydrogen-bond acceptors (Lipinski definition) is 5. The molecule has 0 spiro atoms. The molecule has 0 fully saturated rings. The Hall–Kier alpha value is -2.90. The van der Waals surface area contributed by atoms with E-state index in [1.165, 1.54) is 22.4 Å². The van der Waals surface area contributed by atoms with Crippen molar-refractivity contribution in [3.05, 3.63) is 70.4 Å². The van der Waals surface area contributed by atoms with E-state index in [0.29, 0.717) is 28.4 Å². The van der Waals surface area contributed by atoms with Gasteiger partial charge in [0.2, 0.25) is 0 Å². The molecule has 4 rings (SSSR count). The molecule has 30 heavy (non-hydrogen) atoms. The van der Waals surface area contributed by atoms with Gasteiger partial charge in [0.15, 0.2) is 0 Å². The number of carbonyl (C=O) groups is 2. The van der Waals surface area contributed by atoms with Crippen molar-refractivity contribution in [3.8, 4) is 5.75 Å². The van der Waals surface area contributed by atoms with Crippen molar-refractivity contribution in [1.29, 1.82) is 0 Å². The average Bonchev–Trinajstić information content (AvgIpc) is 3.31. The lowest BCUT2D eigenvalue weighted by Gasteiger charge is -2.10. The first-order valence-corrected chi connectivity index (χ1v) is 10.4. The van der Waals surface area contributed by atoms with Gasteiger partial charge in [-0.2, -0.15) is 0 Å². The summed E-state index contributed by atoms with van der Waals surface area (Å²) in [7, 11) is 0. The molecule has 2 heterocycles. The topological polar surface area (TPSA) is 80.3 Å². The molecule has 6 nitrogen and oxygen atoms in total. The van der Waals surface area contributed by atoms with Crippen LogP contribution in [0.25, 0.3) is 0 Å². The van der Waals surface area contributed by atoms with Gasteiger partial charge in [-0.15, -0.1) is 23.7 Å². The molecule has 3 aromatic rings. The fourth-order valence-electron chi connectivity index (χ4n) is 3.40. The van der Waals surface area contributed by atoms with Gasteiger partial charge in [0.05, 0.1) is 17.7 Å². The molecule has 0 bridgehead atoms. The van der Waals surface area contributed by atoms with E-state index in [1.54, 1.807) is 18.3 Å². The third kappa shape index (κ3) is 4.63. The van der Waals surface area contributed by atoms with Crippen molar-refractivity contribution in [2.45, 2.75) is 26.2 Å². The van der Waals surface area contributed by atoms with Crippen LogP contribution in [0, 0.1) is 0 Å². The lowest BCUT2D eigenvalue weighted by Crippen LogP contribution is -2.18. The van der Waals surface area contributed by atoms with Crippen LogP contribution in [0.4, 0.5) is 10.7 Å². The van der Waals surface area contributed by atoms with E-state index >= 15 is 0 Å². The number of nitrogens with zero attached hydrogens (tertiary/aromatic N) is 1. The summed E-state index contributed by atoms with van der Waals surface area (Å²) in [6.07, 6.45) is 5.94. The van der Waals surface area contributed by atoms with E-state index in [-0.39, 0.29) is 24.2 Å². The van der Waals surface area contributed by atoms with Crippen LogP contribution < -0.4 is 15.4 Å². The maximum atomic E-state index is 13.1. The number of carbonyl (C=O) groups excluding carboxylic acids is 2. The Morgan fingerprint density at radius 3 is 2.60 bits per heavy atom. The van der Waals surface area contributed by atoms with Crippen molar-refractivity contribution in [2.24, 2.45) is 0 Å². The monoisotopic (exact) mass is 443 g/mol. The minimum Gasteiger partial charge on any atom is -0.494 e. The first-order chi connectivity index (χ1) is 14.2. The van der Waals surface area contributed by atoms with Crippen LogP contribution in [0.2, 0.25) is 0 Å². The molecule has 0 aliphatic heterocycles. The second-order valence-electron chi connectivity index (χ2n) is 6.67. The zero-order chi connectivity index (χ0) is 20.2. The number of fused-ring (bicyclic) bond motifs is 1. The van der Waals surface area contributed by atoms with Crippen molar-refractivity contribution in [3.63, 3.8) is 0 Å². The third-order valence-electron chi connectivity index (χ3n) is 4.72. The largest absolute Gasteiger partial charge is 0.494 e. The van der Waals surface area contributed by atoms with Crippen molar-refractivity contribution >= 4 is 46.2 Å². The van der Waals surface area contributed by atoms with Gasteiger partial charge in [0.25, 0.3) is 11.8 Å². The Morgan fingerprint density at radius 2 is 1.90 bits per heavy atom. The van der Waals surface area contributed by atoms with E-state index in [2.05, 4.69) is 15.6 Å². The molecule has 2 amide bonds.